The number of carbonyl (C=O) groups is 1. The van der Waals surface area contributed by atoms with Gasteiger partial charge in [-0.1, -0.05) is 0 Å². The van der Waals surface area contributed by atoms with E-state index in [1.54, 1.807) is 14.1 Å². The first-order valence-electron chi connectivity index (χ1n) is 5.05. The lowest BCUT2D eigenvalue weighted by Crippen LogP contribution is -2.67. The summed E-state index contributed by atoms with van der Waals surface area (Å²) < 4.78 is 23.0. The monoisotopic (exact) mass is 232 g/mol. The number of hydrogen-bond acceptors (Lipinski definition) is 4. The van der Waals surface area contributed by atoms with Crippen molar-refractivity contribution in [3.05, 3.63) is 0 Å². The summed E-state index contributed by atoms with van der Waals surface area (Å²) in [7, 11) is 0.260. The molecule has 0 aliphatic carbocycles. The Morgan fingerprint density at radius 3 is 2.40 bits per heavy atom. The van der Waals surface area contributed by atoms with Crippen LogP contribution in [-0.2, 0) is 14.6 Å². The molecule has 86 valence electrons. The molecule has 2 rings (SSSR count). The molecule has 6 heteroatoms. The molecule has 0 saturated carbocycles. The number of rotatable bonds is 1. The Hall–Kier alpha value is -0.620. The van der Waals surface area contributed by atoms with Crippen molar-refractivity contribution in [1.29, 1.82) is 0 Å². The lowest BCUT2D eigenvalue weighted by atomic mass is 9.84. The van der Waals surface area contributed by atoms with E-state index in [4.69, 9.17) is 0 Å². The van der Waals surface area contributed by atoms with Crippen molar-refractivity contribution in [2.24, 2.45) is 5.92 Å². The van der Waals surface area contributed by atoms with Crippen molar-refractivity contribution in [3.63, 3.8) is 0 Å². The average molecular weight is 232 g/mol. The van der Waals surface area contributed by atoms with E-state index >= 15 is 0 Å². The third-order valence-electron chi connectivity index (χ3n) is 3.52. The number of amides is 1. The minimum absolute atomic E-state index is 0.0578. The summed E-state index contributed by atoms with van der Waals surface area (Å²) in [5.41, 5.74) is 0. The molecule has 0 bridgehead atoms. The molecule has 0 aromatic carbocycles. The molecule has 2 aliphatic heterocycles. The van der Waals surface area contributed by atoms with E-state index in [2.05, 4.69) is 5.32 Å². The van der Waals surface area contributed by atoms with E-state index in [0.717, 1.165) is 0 Å². The Bertz CT molecular complexity index is 384. The van der Waals surface area contributed by atoms with Gasteiger partial charge < -0.3 is 10.2 Å². The van der Waals surface area contributed by atoms with Crippen LogP contribution < -0.4 is 5.32 Å². The highest BCUT2D eigenvalue weighted by Gasteiger charge is 2.61. The van der Waals surface area contributed by atoms with Crippen molar-refractivity contribution < 1.29 is 13.2 Å². The smallest absolute Gasteiger partial charge is 0.226 e. The van der Waals surface area contributed by atoms with Crippen LogP contribution in [0.4, 0.5) is 0 Å². The van der Waals surface area contributed by atoms with Gasteiger partial charge in [0.1, 0.15) is 4.75 Å². The molecule has 2 heterocycles. The molecular weight excluding hydrogens is 216 g/mol. The van der Waals surface area contributed by atoms with E-state index in [9.17, 15) is 13.2 Å². The average Bonchev–Trinajstić information content (AvgIpc) is 2.34. The Morgan fingerprint density at radius 2 is 2.00 bits per heavy atom. The second-order valence-corrected chi connectivity index (χ2v) is 7.01. The first kappa shape index (κ1) is 10.9. The summed E-state index contributed by atoms with van der Waals surface area (Å²) in [5, 5.41) is 2.97. The Labute approximate surface area is 89.7 Å². The maximum Gasteiger partial charge on any atom is 0.226 e. The van der Waals surface area contributed by atoms with Gasteiger partial charge in [-0.2, -0.15) is 0 Å². The van der Waals surface area contributed by atoms with Gasteiger partial charge in [0.25, 0.3) is 0 Å². The van der Waals surface area contributed by atoms with Gasteiger partial charge in [-0.15, -0.1) is 0 Å². The largest absolute Gasteiger partial charge is 0.349 e. The topological polar surface area (TPSA) is 66.5 Å². The van der Waals surface area contributed by atoms with Gasteiger partial charge in [-0.25, -0.2) is 8.42 Å². The Morgan fingerprint density at radius 1 is 1.40 bits per heavy atom. The van der Waals surface area contributed by atoms with Gasteiger partial charge in [-0.05, 0) is 6.42 Å². The zero-order valence-electron chi connectivity index (χ0n) is 8.99. The first-order chi connectivity index (χ1) is 6.91. The molecule has 2 aliphatic rings. The lowest BCUT2D eigenvalue weighted by Gasteiger charge is -2.42. The van der Waals surface area contributed by atoms with E-state index < -0.39 is 14.6 Å². The third kappa shape index (κ3) is 1.31. The summed E-state index contributed by atoms with van der Waals surface area (Å²) in [5.74, 6) is -0.254. The predicted octanol–water partition coefficient (Wildman–Crippen LogP) is -1.15. The van der Waals surface area contributed by atoms with Crippen molar-refractivity contribution in [2.75, 3.05) is 32.9 Å². The molecule has 2 saturated heterocycles. The molecule has 1 N–H and O–H groups in total. The van der Waals surface area contributed by atoms with Gasteiger partial charge in [0, 0.05) is 27.2 Å². The van der Waals surface area contributed by atoms with E-state index in [1.165, 1.54) is 4.90 Å². The fraction of sp³-hybridized carbons (Fsp3) is 0.889. The number of nitrogens with zero attached hydrogens (tertiary/aromatic N) is 1. The van der Waals surface area contributed by atoms with E-state index in [1.807, 2.05) is 0 Å². The standard InChI is InChI=1S/C9H16N2O3S/c1-11(2)8(12)7-3-4-15(13,14)9(7)5-10-6-9/h7,10H,3-6H2,1-2H3. The predicted molar refractivity (Wildman–Crippen MR) is 56.2 cm³/mol. The number of nitrogens with one attached hydrogen (secondary N) is 1. The number of carbonyl (C=O) groups excluding carboxylic acids is 1. The molecule has 0 aromatic rings. The molecular formula is C9H16N2O3S. The minimum Gasteiger partial charge on any atom is -0.349 e. The number of hydrogen-bond donors (Lipinski definition) is 1. The molecule has 1 atom stereocenters. The first-order valence-corrected chi connectivity index (χ1v) is 6.70. The fourth-order valence-electron chi connectivity index (χ4n) is 2.45. The van der Waals surface area contributed by atoms with Gasteiger partial charge >= 0.3 is 0 Å². The molecule has 1 unspecified atom stereocenters. The molecule has 2 fully saturated rings. The van der Waals surface area contributed by atoms with Gasteiger partial charge in [-0.3, -0.25) is 4.79 Å². The summed E-state index contributed by atoms with van der Waals surface area (Å²) in [6, 6.07) is 0. The highest BCUT2D eigenvalue weighted by atomic mass is 32.2. The van der Waals surface area contributed by atoms with Gasteiger partial charge in [0.2, 0.25) is 5.91 Å². The summed E-state index contributed by atoms with van der Waals surface area (Å²) in [6.45, 7) is 0.860. The Balaban J connectivity index is 2.33. The molecule has 1 amide bonds. The molecule has 5 nitrogen and oxygen atoms in total. The van der Waals surface area contributed by atoms with Crippen LogP contribution in [0.2, 0.25) is 0 Å². The third-order valence-corrected chi connectivity index (χ3v) is 6.10. The molecule has 0 aromatic heterocycles. The summed E-state index contributed by atoms with van der Waals surface area (Å²) in [6.07, 6.45) is 0.473. The van der Waals surface area contributed by atoms with Gasteiger partial charge in [0.15, 0.2) is 9.84 Å². The van der Waals surface area contributed by atoms with Crippen LogP contribution in [0.15, 0.2) is 0 Å². The maximum absolute atomic E-state index is 11.9. The highest BCUT2D eigenvalue weighted by Crippen LogP contribution is 2.41. The molecule has 1 spiro atoms. The summed E-state index contributed by atoms with van der Waals surface area (Å²) in [4.78, 5) is 13.4. The normalized spacial score (nSPS) is 31.2. The summed E-state index contributed by atoms with van der Waals surface area (Å²) >= 11 is 0. The number of sulfone groups is 1. The van der Waals surface area contributed by atoms with Crippen molar-refractivity contribution >= 4 is 15.7 Å². The SMILES string of the molecule is CN(C)C(=O)C1CCS(=O)(=O)C12CNC2. The van der Waals surface area contributed by atoms with Crippen molar-refractivity contribution in [2.45, 2.75) is 11.2 Å². The minimum atomic E-state index is -3.09. The molecule has 15 heavy (non-hydrogen) atoms. The van der Waals surface area contributed by atoms with Crippen molar-refractivity contribution in [3.8, 4) is 0 Å². The van der Waals surface area contributed by atoms with Crippen LogP contribution in [0, 0.1) is 5.92 Å². The quantitative estimate of drug-likeness (QED) is 0.620. The van der Waals surface area contributed by atoms with E-state index in [-0.39, 0.29) is 17.6 Å². The van der Waals surface area contributed by atoms with Crippen LogP contribution in [0.5, 0.6) is 0 Å². The zero-order valence-corrected chi connectivity index (χ0v) is 9.80. The van der Waals surface area contributed by atoms with Crippen LogP contribution in [0.25, 0.3) is 0 Å². The van der Waals surface area contributed by atoms with Gasteiger partial charge in [0.05, 0.1) is 11.7 Å². The lowest BCUT2D eigenvalue weighted by molar-refractivity contribution is -0.134. The second kappa shape index (κ2) is 3.18. The van der Waals surface area contributed by atoms with E-state index in [0.29, 0.717) is 19.5 Å². The van der Waals surface area contributed by atoms with Crippen LogP contribution >= 0.6 is 0 Å². The highest BCUT2D eigenvalue weighted by molar-refractivity contribution is 7.93. The van der Waals surface area contributed by atoms with Crippen LogP contribution in [-0.4, -0.2) is 56.9 Å². The van der Waals surface area contributed by atoms with Crippen molar-refractivity contribution in [1.82, 2.24) is 10.2 Å². The zero-order chi connectivity index (χ0) is 11.3. The second-order valence-electron chi connectivity index (χ2n) is 4.56. The van der Waals surface area contributed by atoms with Crippen LogP contribution in [0.1, 0.15) is 6.42 Å². The van der Waals surface area contributed by atoms with Crippen LogP contribution in [0.3, 0.4) is 0 Å². The fourth-order valence-corrected chi connectivity index (χ4v) is 4.70. The Kier molecular flexibility index (Phi) is 2.31. The maximum atomic E-state index is 11.9. The molecule has 0 radical (unpaired) electrons.